The van der Waals surface area contributed by atoms with Crippen molar-refractivity contribution < 1.29 is 0 Å². The average molecular weight is 233 g/mol. The van der Waals surface area contributed by atoms with E-state index in [0.717, 1.165) is 5.52 Å². The Morgan fingerprint density at radius 1 is 0.833 bits per heavy atom. The van der Waals surface area contributed by atoms with Gasteiger partial charge in [-0.15, -0.1) is 0 Å². The average Bonchev–Trinajstić information content (AvgIpc) is 2.47. The highest BCUT2D eigenvalue weighted by Gasteiger charge is 2.08. The van der Waals surface area contributed by atoms with Crippen molar-refractivity contribution in [2.45, 2.75) is 12.8 Å². The van der Waals surface area contributed by atoms with Gasteiger partial charge in [0.25, 0.3) is 0 Å². The predicted molar refractivity (Wildman–Crippen MR) is 75.7 cm³/mol. The molecule has 0 N–H and O–H groups in total. The Kier molecular flexibility index (Phi) is 2.81. The molecule has 1 aromatic heterocycles. The monoisotopic (exact) mass is 233 g/mol. The van der Waals surface area contributed by atoms with E-state index in [1.807, 2.05) is 12.3 Å². The fourth-order valence-corrected chi connectivity index (χ4v) is 2.30. The Labute approximate surface area is 107 Å². The van der Waals surface area contributed by atoms with Crippen molar-refractivity contribution in [3.63, 3.8) is 0 Å². The second-order valence-electron chi connectivity index (χ2n) is 4.59. The molecular weight excluding hydrogens is 218 g/mol. The van der Waals surface area contributed by atoms with Crippen LogP contribution >= 0.6 is 0 Å². The molecule has 0 unspecified atom stereocenters. The summed E-state index contributed by atoms with van der Waals surface area (Å²) in [5, 5.41) is 1.21. The van der Waals surface area contributed by atoms with E-state index in [-0.39, 0.29) is 0 Å². The fraction of sp³-hybridized carbons (Fsp3) is 0.118. The van der Waals surface area contributed by atoms with E-state index in [4.69, 9.17) is 0 Å². The van der Waals surface area contributed by atoms with Gasteiger partial charge in [0, 0.05) is 17.5 Å². The quantitative estimate of drug-likeness (QED) is 0.639. The van der Waals surface area contributed by atoms with Crippen LogP contribution in [0.4, 0.5) is 0 Å². The highest BCUT2D eigenvalue weighted by atomic mass is 14.6. The van der Waals surface area contributed by atoms with Crippen molar-refractivity contribution in [3.8, 4) is 0 Å². The highest BCUT2D eigenvalue weighted by Crippen LogP contribution is 2.26. The number of hydrogen-bond donors (Lipinski definition) is 0. The summed E-state index contributed by atoms with van der Waals surface area (Å²) in [7, 11) is 0. The van der Waals surface area contributed by atoms with Crippen molar-refractivity contribution in [2.75, 3.05) is 0 Å². The molecule has 88 valence electrons. The van der Waals surface area contributed by atoms with Gasteiger partial charge in [-0.1, -0.05) is 49.4 Å². The Morgan fingerprint density at radius 2 is 1.67 bits per heavy atom. The maximum absolute atomic E-state index is 4.35. The van der Waals surface area contributed by atoms with Gasteiger partial charge in [-0.05, 0) is 29.3 Å². The SMILES string of the molecule is C[C@@H](c1ccccc1)c1ccc2ncccc2c1. The summed E-state index contributed by atoms with van der Waals surface area (Å²) in [6.45, 7) is 2.24. The van der Waals surface area contributed by atoms with E-state index in [0.29, 0.717) is 5.92 Å². The third-order valence-electron chi connectivity index (χ3n) is 3.43. The molecule has 0 fully saturated rings. The van der Waals surface area contributed by atoms with Gasteiger partial charge in [0.2, 0.25) is 0 Å². The van der Waals surface area contributed by atoms with Crippen LogP contribution in [0.3, 0.4) is 0 Å². The van der Waals surface area contributed by atoms with Crippen LogP contribution in [0.25, 0.3) is 10.9 Å². The third kappa shape index (κ3) is 2.00. The van der Waals surface area contributed by atoms with Crippen molar-refractivity contribution in [1.29, 1.82) is 0 Å². The minimum atomic E-state index is 0.413. The van der Waals surface area contributed by atoms with E-state index >= 15 is 0 Å². The minimum Gasteiger partial charge on any atom is -0.256 e. The first-order valence-corrected chi connectivity index (χ1v) is 6.24. The van der Waals surface area contributed by atoms with E-state index in [1.54, 1.807) is 0 Å². The molecule has 0 spiro atoms. The van der Waals surface area contributed by atoms with Gasteiger partial charge in [0.1, 0.15) is 0 Å². The molecule has 0 saturated carbocycles. The molecule has 18 heavy (non-hydrogen) atoms. The van der Waals surface area contributed by atoms with E-state index in [1.165, 1.54) is 16.5 Å². The Morgan fingerprint density at radius 3 is 2.50 bits per heavy atom. The van der Waals surface area contributed by atoms with E-state index in [2.05, 4.69) is 66.5 Å². The summed E-state index contributed by atoms with van der Waals surface area (Å²) in [6, 6.07) is 21.2. The molecule has 0 aliphatic rings. The van der Waals surface area contributed by atoms with Crippen LogP contribution in [0.5, 0.6) is 0 Å². The maximum atomic E-state index is 4.35. The number of pyridine rings is 1. The van der Waals surface area contributed by atoms with Crippen LogP contribution in [-0.4, -0.2) is 4.98 Å². The van der Waals surface area contributed by atoms with Crippen LogP contribution in [0.2, 0.25) is 0 Å². The molecule has 0 aliphatic carbocycles. The van der Waals surface area contributed by atoms with Crippen molar-refractivity contribution >= 4 is 10.9 Å². The van der Waals surface area contributed by atoms with Gasteiger partial charge in [-0.3, -0.25) is 4.98 Å². The molecule has 2 aromatic carbocycles. The zero-order valence-corrected chi connectivity index (χ0v) is 10.4. The summed E-state index contributed by atoms with van der Waals surface area (Å²) >= 11 is 0. The lowest BCUT2D eigenvalue weighted by molar-refractivity contribution is 0.924. The van der Waals surface area contributed by atoms with Gasteiger partial charge in [-0.2, -0.15) is 0 Å². The topological polar surface area (TPSA) is 12.9 Å². The number of rotatable bonds is 2. The second kappa shape index (κ2) is 4.61. The second-order valence-corrected chi connectivity index (χ2v) is 4.59. The van der Waals surface area contributed by atoms with Crippen LogP contribution in [0.15, 0.2) is 66.9 Å². The minimum absolute atomic E-state index is 0.413. The van der Waals surface area contributed by atoms with Gasteiger partial charge in [-0.25, -0.2) is 0 Å². The first-order valence-electron chi connectivity index (χ1n) is 6.24. The maximum Gasteiger partial charge on any atom is 0.0702 e. The predicted octanol–water partition coefficient (Wildman–Crippen LogP) is 4.39. The Bertz CT molecular complexity index is 659. The van der Waals surface area contributed by atoms with Gasteiger partial charge in [0.15, 0.2) is 0 Å². The number of hydrogen-bond acceptors (Lipinski definition) is 1. The summed E-state index contributed by atoms with van der Waals surface area (Å²) < 4.78 is 0. The zero-order valence-electron chi connectivity index (χ0n) is 10.4. The van der Waals surface area contributed by atoms with Crippen molar-refractivity contribution in [2.24, 2.45) is 0 Å². The van der Waals surface area contributed by atoms with Crippen LogP contribution < -0.4 is 0 Å². The molecule has 1 nitrogen and oxygen atoms in total. The lowest BCUT2D eigenvalue weighted by atomic mass is 9.92. The third-order valence-corrected chi connectivity index (χ3v) is 3.43. The molecule has 1 atom stereocenters. The fourth-order valence-electron chi connectivity index (χ4n) is 2.30. The van der Waals surface area contributed by atoms with Crippen molar-refractivity contribution in [1.82, 2.24) is 4.98 Å². The number of fused-ring (bicyclic) bond motifs is 1. The first kappa shape index (κ1) is 11.0. The summed E-state index contributed by atoms with van der Waals surface area (Å²) in [5.41, 5.74) is 3.74. The molecule has 0 aliphatic heterocycles. The van der Waals surface area contributed by atoms with Gasteiger partial charge < -0.3 is 0 Å². The molecule has 0 amide bonds. The highest BCUT2D eigenvalue weighted by molar-refractivity contribution is 5.79. The van der Waals surface area contributed by atoms with E-state index < -0.39 is 0 Å². The first-order chi connectivity index (χ1) is 8.84. The lowest BCUT2D eigenvalue weighted by Gasteiger charge is -2.13. The molecule has 3 aromatic rings. The zero-order chi connectivity index (χ0) is 12.4. The molecule has 0 radical (unpaired) electrons. The standard InChI is InChI=1S/C17H15N/c1-13(14-6-3-2-4-7-14)15-9-10-17-16(12-15)8-5-11-18-17/h2-13H,1H3/t13-/m0/s1. The Balaban J connectivity index is 2.04. The smallest absolute Gasteiger partial charge is 0.0702 e. The normalized spacial score (nSPS) is 12.5. The summed E-state index contributed by atoms with van der Waals surface area (Å²) in [6.07, 6.45) is 1.84. The largest absolute Gasteiger partial charge is 0.256 e. The molecule has 0 saturated heterocycles. The summed E-state index contributed by atoms with van der Waals surface area (Å²) in [5.74, 6) is 0.413. The van der Waals surface area contributed by atoms with Crippen LogP contribution in [0.1, 0.15) is 24.0 Å². The lowest BCUT2D eigenvalue weighted by Crippen LogP contribution is -1.95. The Hall–Kier alpha value is -2.15. The molecule has 1 heterocycles. The van der Waals surface area contributed by atoms with Crippen molar-refractivity contribution in [3.05, 3.63) is 78.0 Å². The number of nitrogens with zero attached hydrogens (tertiary/aromatic N) is 1. The summed E-state index contributed by atoms with van der Waals surface area (Å²) in [4.78, 5) is 4.35. The van der Waals surface area contributed by atoms with Crippen LogP contribution in [0, 0.1) is 0 Å². The van der Waals surface area contributed by atoms with Gasteiger partial charge in [0.05, 0.1) is 5.52 Å². The molecule has 3 rings (SSSR count). The van der Waals surface area contributed by atoms with Crippen LogP contribution in [-0.2, 0) is 0 Å². The number of benzene rings is 2. The van der Waals surface area contributed by atoms with E-state index in [9.17, 15) is 0 Å². The molecule has 1 heteroatoms. The number of aromatic nitrogens is 1. The molecule has 0 bridgehead atoms. The molecular formula is C17H15N. The van der Waals surface area contributed by atoms with Gasteiger partial charge >= 0.3 is 0 Å².